The molecule has 1 aromatic carbocycles. The number of imidazole rings is 1. The van der Waals surface area contributed by atoms with Crippen molar-refractivity contribution in [1.29, 1.82) is 0 Å². The summed E-state index contributed by atoms with van der Waals surface area (Å²) in [6.45, 7) is 8.66. The second kappa shape index (κ2) is 5.08. The number of aryl methyl sites for hydroxylation is 1. The highest BCUT2D eigenvalue weighted by Gasteiger charge is 2.10. The minimum atomic E-state index is 0.980. The van der Waals surface area contributed by atoms with E-state index in [0.717, 1.165) is 44.8 Å². The maximum absolute atomic E-state index is 4.48. The number of fused-ring (bicyclic) bond motifs is 1. The van der Waals surface area contributed by atoms with Crippen LogP contribution in [0.1, 0.15) is 12.5 Å². The average molecular weight is 244 g/mol. The van der Waals surface area contributed by atoms with Crippen molar-refractivity contribution in [3.8, 4) is 0 Å². The van der Waals surface area contributed by atoms with Gasteiger partial charge in [0.2, 0.25) is 0 Å². The quantitative estimate of drug-likeness (QED) is 0.887. The fourth-order valence-electron chi connectivity index (χ4n) is 2.59. The highest BCUT2D eigenvalue weighted by Crippen LogP contribution is 2.16. The summed E-state index contributed by atoms with van der Waals surface area (Å²) < 4.78 is 2.18. The van der Waals surface area contributed by atoms with E-state index in [1.807, 2.05) is 6.33 Å². The molecular weight excluding hydrogens is 224 g/mol. The van der Waals surface area contributed by atoms with E-state index in [4.69, 9.17) is 0 Å². The zero-order chi connectivity index (χ0) is 12.4. The molecule has 1 saturated heterocycles. The monoisotopic (exact) mass is 244 g/mol. The largest absolute Gasteiger partial charge is 0.331 e. The third-order valence-electron chi connectivity index (χ3n) is 3.64. The van der Waals surface area contributed by atoms with Crippen LogP contribution in [0.25, 0.3) is 11.0 Å². The minimum absolute atomic E-state index is 0.980. The Bertz CT molecular complexity index is 526. The van der Waals surface area contributed by atoms with Crippen LogP contribution in [-0.4, -0.2) is 40.6 Å². The number of piperazine rings is 1. The molecule has 4 nitrogen and oxygen atoms in total. The Labute approximate surface area is 108 Å². The van der Waals surface area contributed by atoms with Crippen LogP contribution in [0.3, 0.4) is 0 Å². The van der Waals surface area contributed by atoms with Crippen LogP contribution >= 0.6 is 0 Å². The van der Waals surface area contributed by atoms with Crippen molar-refractivity contribution < 1.29 is 0 Å². The van der Waals surface area contributed by atoms with Gasteiger partial charge in [0.1, 0.15) is 0 Å². The molecule has 0 radical (unpaired) electrons. The molecule has 1 aromatic heterocycles. The van der Waals surface area contributed by atoms with Crippen molar-refractivity contribution >= 4 is 11.0 Å². The van der Waals surface area contributed by atoms with E-state index in [9.17, 15) is 0 Å². The smallest absolute Gasteiger partial charge is 0.0958 e. The van der Waals surface area contributed by atoms with Gasteiger partial charge < -0.3 is 9.88 Å². The van der Waals surface area contributed by atoms with E-state index in [-0.39, 0.29) is 0 Å². The van der Waals surface area contributed by atoms with Crippen molar-refractivity contribution in [2.24, 2.45) is 0 Å². The van der Waals surface area contributed by atoms with Crippen LogP contribution in [0.2, 0.25) is 0 Å². The van der Waals surface area contributed by atoms with E-state index in [2.05, 4.69) is 44.9 Å². The van der Waals surface area contributed by atoms with Crippen LogP contribution in [0.15, 0.2) is 24.5 Å². The van der Waals surface area contributed by atoms with Crippen LogP contribution in [0.4, 0.5) is 0 Å². The summed E-state index contributed by atoms with van der Waals surface area (Å²) in [5, 5.41) is 3.38. The number of rotatable bonds is 3. The fraction of sp³-hybridized carbons (Fsp3) is 0.500. The van der Waals surface area contributed by atoms with Crippen LogP contribution in [-0.2, 0) is 13.1 Å². The van der Waals surface area contributed by atoms with E-state index in [1.54, 1.807) is 0 Å². The van der Waals surface area contributed by atoms with Crippen LogP contribution in [0, 0.1) is 0 Å². The summed E-state index contributed by atoms with van der Waals surface area (Å²) in [7, 11) is 0. The number of aromatic nitrogens is 2. The molecular formula is C14H20N4. The molecule has 0 bridgehead atoms. The lowest BCUT2D eigenvalue weighted by molar-refractivity contribution is 0.233. The summed E-state index contributed by atoms with van der Waals surface area (Å²) in [6, 6.07) is 6.66. The number of nitrogens with zero attached hydrogens (tertiary/aromatic N) is 3. The molecule has 0 aliphatic carbocycles. The SMILES string of the molecule is CCn1cnc2cc(CN3CCNCC3)ccc21. The second-order valence-electron chi connectivity index (χ2n) is 4.88. The summed E-state index contributed by atoms with van der Waals surface area (Å²) >= 11 is 0. The van der Waals surface area contributed by atoms with Gasteiger partial charge in [-0.1, -0.05) is 6.07 Å². The van der Waals surface area contributed by atoms with Gasteiger partial charge in [0.25, 0.3) is 0 Å². The fourth-order valence-corrected chi connectivity index (χ4v) is 2.59. The molecule has 0 atom stereocenters. The van der Waals surface area contributed by atoms with Gasteiger partial charge >= 0.3 is 0 Å². The lowest BCUT2D eigenvalue weighted by atomic mass is 10.1. The third-order valence-corrected chi connectivity index (χ3v) is 3.64. The first kappa shape index (κ1) is 11.7. The van der Waals surface area contributed by atoms with Crippen molar-refractivity contribution in [1.82, 2.24) is 19.8 Å². The van der Waals surface area contributed by atoms with E-state index in [1.165, 1.54) is 11.1 Å². The topological polar surface area (TPSA) is 33.1 Å². The average Bonchev–Trinajstić information content (AvgIpc) is 2.82. The molecule has 2 aromatic rings. The third kappa shape index (κ3) is 2.26. The standard InChI is InChI=1S/C14H20N4/c1-2-18-11-16-13-9-12(3-4-14(13)18)10-17-7-5-15-6-8-17/h3-4,9,11,15H,2,5-8,10H2,1H3. The Hall–Kier alpha value is -1.39. The van der Waals surface area contributed by atoms with Crippen LogP contribution in [0.5, 0.6) is 0 Å². The van der Waals surface area contributed by atoms with Gasteiger partial charge in [-0.2, -0.15) is 0 Å². The summed E-state index contributed by atoms with van der Waals surface area (Å²) in [5.41, 5.74) is 3.72. The summed E-state index contributed by atoms with van der Waals surface area (Å²) in [5.74, 6) is 0. The van der Waals surface area contributed by atoms with Gasteiger partial charge in [0.05, 0.1) is 17.4 Å². The number of nitrogens with one attached hydrogen (secondary N) is 1. The van der Waals surface area contributed by atoms with Gasteiger partial charge in [-0.15, -0.1) is 0 Å². The van der Waals surface area contributed by atoms with Crippen LogP contribution < -0.4 is 5.32 Å². The maximum atomic E-state index is 4.48. The molecule has 1 aliphatic rings. The highest BCUT2D eigenvalue weighted by molar-refractivity contribution is 5.76. The van der Waals surface area contributed by atoms with Gasteiger partial charge in [-0.05, 0) is 24.6 Å². The molecule has 1 N–H and O–H groups in total. The first-order valence-electron chi connectivity index (χ1n) is 6.73. The first-order valence-corrected chi connectivity index (χ1v) is 6.73. The van der Waals surface area contributed by atoms with E-state index >= 15 is 0 Å². The van der Waals surface area contributed by atoms with Crippen molar-refractivity contribution in [2.45, 2.75) is 20.0 Å². The zero-order valence-corrected chi connectivity index (χ0v) is 10.9. The molecule has 4 heteroatoms. The Kier molecular flexibility index (Phi) is 3.30. The lowest BCUT2D eigenvalue weighted by Crippen LogP contribution is -2.42. The molecule has 3 rings (SSSR count). The molecule has 1 aliphatic heterocycles. The van der Waals surface area contributed by atoms with E-state index in [0.29, 0.717) is 0 Å². The second-order valence-corrected chi connectivity index (χ2v) is 4.88. The molecule has 2 heterocycles. The summed E-state index contributed by atoms with van der Waals surface area (Å²) in [4.78, 5) is 6.97. The van der Waals surface area contributed by atoms with E-state index < -0.39 is 0 Å². The van der Waals surface area contributed by atoms with Crippen molar-refractivity contribution in [3.05, 3.63) is 30.1 Å². The normalized spacial score (nSPS) is 17.4. The molecule has 0 amide bonds. The Morgan fingerprint density at radius 1 is 1.28 bits per heavy atom. The van der Waals surface area contributed by atoms with Gasteiger partial charge in [-0.3, -0.25) is 4.90 Å². The Morgan fingerprint density at radius 3 is 2.89 bits per heavy atom. The Morgan fingerprint density at radius 2 is 2.11 bits per heavy atom. The molecule has 18 heavy (non-hydrogen) atoms. The summed E-state index contributed by atoms with van der Waals surface area (Å²) in [6.07, 6.45) is 1.93. The number of hydrogen-bond donors (Lipinski definition) is 1. The predicted octanol–water partition coefficient (Wildman–Crippen LogP) is 1.46. The Balaban J connectivity index is 1.80. The molecule has 0 saturated carbocycles. The maximum Gasteiger partial charge on any atom is 0.0958 e. The highest BCUT2D eigenvalue weighted by atomic mass is 15.2. The molecule has 0 unspecified atom stereocenters. The molecule has 96 valence electrons. The molecule has 1 fully saturated rings. The number of hydrogen-bond acceptors (Lipinski definition) is 3. The molecule has 0 spiro atoms. The lowest BCUT2D eigenvalue weighted by Gasteiger charge is -2.27. The van der Waals surface area contributed by atoms with Gasteiger partial charge in [0.15, 0.2) is 0 Å². The van der Waals surface area contributed by atoms with Crippen molar-refractivity contribution in [3.63, 3.8) is 0 Å². The van der Waals surface area contributed by atoms with Gasteiger partial charge in [0, 0.05) is 39.3 Å². The van der Waals surface area contributed by atoms with Gasteiger partial charge in [-0.25, -0.2) is 4.98 Å². The van der Waals surface area contributed by atoms with Crippen molar-refractivity contribution in [2.75, 3.05) is 26.2 Å². The predicted molar refractivity (Wildman–Crippen MR) is 73.6 cm³/mol. The zero-order valence-electron chi connectivity index (χ0n) is 10.9. The minimum Gasteiger partial charge on any atom is -0.331 e. The number of benzene rings is 1. The first-order chi connectivity index (χ1) is 8.86.